The number of oxazole rings is 1. The number of carbonyl (C=O) groups is 1. The van der Waals surface area contributed by atoms with Crippen LogP contribution < -0.4 is 5.73 Å². The molecule has 1 aromatic carbocycles. The normalized spacial score (nSPS) is 10.7. The van der Waals surface area contributed by atoms with Crippen LogP contribution in [0.15, 0.2) is 53.2 Å². The van der Waals surface area contributed by atoms with Gasteiger partial charge >= 0.3 is 5.97 Å². The summed E-state index contributed by atoms with van der Waals surface area (Å²) in [6.07, 6.45) is 3.15. The molecule has 132 valence electrons. The predicted molar refractivity (Wildman–Crippen MR) is 97.0 cm³/mol. The molecule has 0 atom stereocenters. The molecule has 0 fully saturated rings. The summed E-state index contributed by atoms with van der Waals surface area (Å²) in [6.45, 7) is 0. The van der Waals surface area contributed by atoms with Gasteiger partial charge in [-0.1, -0.05) is 0 Å². The molecule has 4 aromatic rings. The predicted octanol–water partition coefficient (Wildman–Crippen LogP) is 2.92. The van der Waals surface area contributed by atoms with Crippen LogP contribution in [-0.2, 0) is 4.74 Å². The van der Waals surface area contributed by atoms with E-state index in [1.165, 1.54) is 17.9 Å². The van der Waals surface area contributed by atoms with Crippen molar-refractivity contribution >= 4 is 22.9 Å². The van der Waals surface area contributed by atoms with Crippen molar-refractivity contribution in [2.75, 3.05) is 12.8 Å². The van der Waals surface area contributed by atoms with Gasteiger partial charge in [-0.05, 0) is 36.4 Å². The standard InChI is InChI=1S/C19H13N5O3/c1-26-19(25)16-15(21)12(9-20)10-24(16)13-6-4-11(5-7-13)18-23-17-14(27-18)3-2-8-22-17/h2-8,10H,21H2,1H3. The fourth-order valence-electron chi connectivity index (χ4n) is 2.78. The van der Waals surface area contributed by atoms with E-state index in [2.05, 4.69) is 9.97 Å². The number of hydrogen-bond acceptors (Lipinski definition) is 7. The molecule has 0 bridgehead atoms. The lowest BCUT2D eigenvalue weighted by atomic mass is 10.2. The van der Waals surface area contributed by atoms with Crippen molar-refractivity contribution in [3.05, 3.63) is 60.0 Å². The number of methoxy groups -OCH3 is 1. The molecule has 0 radical (unpaired) electrons. The molecule has 0 unspecified atom stereocenters. The van der Waals surface area contributed by atoms with Crippen LogP contribution in [0, 0.1) is 11.3 Å². The highest BCUT2D eigenvalue weighted by Gasteiger charge is 2.21. The molecule has 0 aliphatic carbocycles. The highest BCUT2D eigenvalue weighted by Crippen LogP contribution is 2.27. The van der Waals surface area contributed by atoms with Crippen LogP contribution in [0.5, 0.6) is 0 Å². The van der Waals surface area contributed by atoms with Gasteiger partial charge in [0.25, 0.3) is 0 Å². The number of nitrogen functional groups attached to an aromatic ring is 1. The maximum atomic E-state index is 12.1. The van der Waals surface area contributed by atoms with E-state index in [1.54, 1.807) is 42.6 Å². The molecule has 4 rings (SSSR count). The number of ether oxygens (including phenoxy) is 1. The Morgan fingerprint density at radius 1 is 1.30 bits per heavy atom. The smallest absolute Gasteiger partial charge is 0.357 e. The molecule has 0 saturated heterocycles. The third kappa shape index (κ3) is 2.67. The summed E-state index contributed by atoms with van der Waals surface area (Å²) >= 11 is 0. The maximum Gasteiger partial charge on any atom is 0.357 e. The lowest BCUT2D eigenvalue weighted by Crippen LogP contribution is -2.11. The number of rotatable bonds is 3. The van der Waals surface area contributed by atoms with Crippen molar-refractivity contribution in [1.82, 2.24) is 14.5 Å². The van der Waals surface area contributed by atoms with Gasteiger partial charge in [0.15, 0.2) is 16.9 Å². The lowest BCUT2D eigenvalue weighted by Gasteiger charge is -2.08. The van der Waals surface area contributed by atoms with E-state index in [0.29, 0.717) is 22.8 Å². The lowest BCUT2D eigenvalue weighted by molar-refractivity contribution is 0.0593. The maximum absolute atomic E-state index is 12.1. The van der Waals surface area contributed by atoms with E-state index in [1.807, 2.05) is 6.07 Å². The molecule has 3 heterocycles. The zero-order valence-corrected chi connectivity index (χ0v) is 14.2. The fraction of sp³-hybridized carbons (Fsp3) is 0.0526. The van der Waals surface area contributed by atoms with Gasteiger partial charge in [-0.2, -0.15) is 10.2 Å². The summed E-state index contributed by atoms with van der Waals surface area (Å²) in [5.74, 6) is -0.184. The largest absolute Gasteiger partial charge is 0.464 e. The highest BCUT2D eigenvalue weighted by molar-refractivity contribution is 5.96. The number of aromatic nitrogens is 3. The van der Waals surface area contributed by atoms with Crippen molar-refractivity contribution < 1.29 is 13.9 Å². The third-order valence-corrected chi connectivity index (χ3v) is 4.10. The number of fused-ring (bicyclic) bond motifs is 1. The Labute approximate surface area is 153 Å². The minimum absolute atomic E-state index is 0.0819. The van der Waals surface area contributed by atoms with Crippen molar-refractivity contribution in [3.63, 3.8) is 0 Å². The fourth-order valence-corrected chi connectivity index (χ4v) is 2.78. The summed E-state index contributed by atoms with van der Waals surface area (Å²) in [4.78, 5) is 20.6. The first-order valence-corrected chi connectivity index (χ1v) is 7.94. The molecule has 0 amide bonds. The number of hydrogen-bond donors (Lipinski definition) is 1. The third-order valence-electron chi connectivity index (χ3n) is 4.10. The van der Waals surface area contributed by atoms with Gasteiger partial charge in [0, 0.05) is 23.6 Å². The molecule has 0 aliphatic heterocycles. The van der Waals surface area contributed by atoms with E-state index in [9.17, 15) is 10.1 Å². The molecule has 0 saturated carbocycles. The Balaban J connectivity index is 1.77. The van der Waals surface area contributed by atoms with E-state index in [-0.39, 0.29) is 16.9 Å². The number of pyridine rings is 1. The number of benzene rings is 1. The summed E-state index contributed by atoms with van der Waals surface area (Å²) in [5, 5.41) is 9.20. The van der Waals surface area contributed by atoms with Crippen LogP contribution in [-0.4, -0.2) is 27.6 Å². The van der Waals surface area contributed by atoms with Crippen LogP contribution in [0.1, 0.15) is 16.1 Å². The van der Waals surface area contributed by atoms with E-state index < -0.39 is 5.97 Å². The number of carbonyl (C=O) groups excluding carboxylic acids is 1. The number of esters is 1. The average molecular weight is 359 g/mol. The van der Waals surface area contributed by atoms with Gasteiger partial charge < -0.3 is 19.5 Å². The van der Waals surface area contributed by atoms with Crippen LogP contribution in [0.3, 0.4) is 0 Å². The molecule has 0 aliphatic rings. The van der Waals surface area contributed by atoms with Gasteiger partial charge in [-0.15, -0.1) is 0 Å². The average Bonchev–Trinajstić information content (AvgIpc) is 3.28. The Morgan fingerprint density at radius 3 is 2.74 bits per heavy atom. The van der Waals surface area contributed by atoms with E-state index >= 15 is 0 Å². The van der Waals surface area contributed by atoms with Gasteiger partial charge in [-0.25, -0.2) is 9.78 Å². The molecular weight excluding hydrogens is 346 g/mol. The van der Waals surface area contributed by atoms with E-state index in [4.69, 9.17) is 14.9 Å². The molecular formula is C19H13N5O3. The summed E-state index contributed by atoms with van der Waals surface area (Å²) in [5.41, 5.74) is 8.82. The number of nitrogens with zero attached hydrogens (tertiary/aromatic N) is 4. The Bertz CT molecular complexity index is 1170. The van der Waals surface area contributed by atoms with Gasteiger partial charge in [0.05, 0.1) is 18.4 Å². The van der Waals surface area contributed by atoms with Gasteiger partial charge in [0.2, 0.25) is 5.89 Å². The first-order chi connectivity index (χ1) is 13.1. The van der Waals surface area contributed by atoms with Gasteiger partial charge in [-0.3, -0.25) is 0 Å². The van der Waals surface area contributed by atoms with Crippen molar-refractivity contribution in [2.24, 2.45) is 0 Å². The molecule has 27 heavy (non-hydrogen) atoms. The molecule has 3 aromatic heterocycles. The van der Waals surface area contributed by atoms with Crippen molar-refractivity contribution in [1.29, 1.82) is 5.26 Å². The highest BCUT2D eigenvalue weighted by atomic mass is 16.5. The topological polar surface area (TPSA) is 120 Å². The second-order valence-corrected chi connectivity index (χ2v) is 5.67. The first kappa shape index (κ1) is 16.4. The Morgan fingerprint density at radius 2 is 2.07 bits per heavy atom. The summed E-state index contributed by atoms with van der Waals surface area (Å²) in [7, 11) is 1.26. The zero-order valence-electron chi connectivity index (χ0n) is 14.2. The second-order valence-electron chi connectivity index (χ2n) is 5.67. The van der Waals surface area contributed by atoms with Crippen molar-refractivity contribution in [3.8, 4) is 23.2 Å². The molecule has 8 heteroatoms. The van der Waals surface area contributed by atoms with Crippen molar-refractivity contribution in [2.45, 2.75) is 0 Å². The van der Waals surface area contributed by atoms with E-state index in [0.717, 1.165) is 5.56 Å². The minimum atomic E-state index is -0.622. The van der Waals surface area contributed by atoms with Gasteiger partial charge in [0.1, 0.15) is 6.07 Å². The number of nitrogens with two attached hydrogens (primary N) is 1. The monoisotopic (exact) mass is 359 g/mol. The quantitative estimate of drug-likeness (QED) is 0.558. The molecule has 2 N–H and O–H groups in total. The number of anilines is 1. The van der Waals surface area contributed by atoms with Crippen LogP contribution in [0.4, 0.5) is 5.69 Å². The zero-order chi connectivity index (χ0) is 19.0. The first-order valence-electron chi connectivity index (χ1n) is 7.94. The van der Waals surface area contributed by atoms with Crippen LogP contribution in [0.2, 0.25) is 0 Å². The summed E-state index contributed by atoms with van der Waals surface area (Å²) in [6, 6.07) is 12.7. The number of nitriles is 1. The van der Waals surface area contributed by atoms with Crippen LogP contribution in [0.25, 0.3) is 28.4 Å². The molecule has 8 nitrogen and oxygen atoms in total. The second kappa shape index (κ2) is 6.31. The Kier molecular flexibility index (Phi) is 3.82. The Hall–Kier alpha value is -4.12. The minimum Gasteiger partial charge on any atom is -0.464 e. The summed E-state index contributed by atoms with van der Waals surface area (Å²) < 4.78 is 12.0. The molecule has 0 spiro atoms. The SMILES string of the molecule is COC(=O)c1c(N)c(C#N)cn1-c1ccc(-c2nc3ncccc3o2)cc1. The van der Waals surface area contributed by atoms with Crippen LogP contribution >= 0.6 is 0 Å².